The smallest absolute Gasteiger partial charge is 0.259 e. The summed E-state index contributed by atoms with van der Waals surface area (Å²) < 4.78 is 0. The Bertz CT molecular complexity index is 1390. The van der Waals surface area contributed by atoms with Gasteiger partial charge in [-0.3, -0.25) is 9.59 Å². The summed E-state index contributed by atoms with van der Waals surface area (Å²) in [5.74, 6) is -0.590. The number of nitrogens with one attached hydrogen (secondary N) is 2. The first-order valence-electron chi connectivity index (χ1n) is 10.5. The molecule has 0 bridgehead atoms. The molecule has 1 fully saturated rings. The number of allylic oxidation sites excluding steroid dienone is 1. The highest BCUT2D eigenvalue weighted by atomic mass is 16.2. The van der Waals surface area contributed by atoms with Crippen molar-refractivity contribution in [2.75, 3.05) is 11.9 Å². The average molecular weight is 422 g/mol. The lowest BCUT2D eigenvalue weighted by molar-refractivity contribution is -0.123. The van der Waals surface area contributed by atoms with Gasteiger partial charge in [-0.25, -0.2) is 0 Å². The number of fused-ring (bicyclic) bond motifs is 3. The first-order chi connectivity index (χ1) is 15.5. The van der Waals surface area contributed by atoms with Gasteiger partial charge in [0.15, 0.2) is 5.78 Å². The highest BCUT2D eigenvalue weighted by molar-refractivity contribution is 6.25. The molecular formula is C27H23N3O2. The summed E-state index contributed by atoms with van der Waals surface area (Å²) in [6.07, 6.45) is 1.79. The van der Waals surface area contributed by atoms with Crippen LogP contribution in [0.5, 0.6) is 0 Å². The van der Waals surface area contributed by atoms with Crippen LogP contribution in [0.2, 0.25) is 0 Å². The minimum atomic E-state index is -0.389. The number of rotatable bonds is 4. The Morgan fingerprint density at radius 1 is 0.969 bits per heavy atom. The molecule has 4 aromatic rings. The first kappa shape index (κ1) is 19.8. The fourth-order valence-electron chi connectivity index (χ4n) is 4.18. The van der Waals surface area contributed by atoms with Gasteiger partial charge in [0.2, 0.25) is 0 Å². The number of hydrogen-bond acceptors (Lipinski definition) is 3. The molecule has 0 aliphatic carbocycles. The normalized spacial score (nSPS) is 15.5. The standard InChI is InChI=1S/C27H23N3O2/c1-17-13-26(31)23(27(32)28-17)14-18-7-10-20(11-8-18)30(2)16-19-9-12-25-22(15-19)21-5-3-4-6-24(21)29-25/h3-12,14-15,29H,1,13,16H2,2H3,(H,28,32)/b23-14+. The van der Waals surface area contributed by atoms with Gasteiger partial charge in [0.05, 0.1) is 12.0 Å². The van der Waals surface area contributed by atoms with Crippen molar-refractivity contribution in [1.82, 2.24) is 10.3 Å². The van der Waals surface area contributed by atoms with E-state index in [0.717, 1.165) is 28.8 Å². The van der Waals surface area contributed by atoms with E-state index in [1.54, 1.807) is 6.08 Å². The molecule has 0 spiro atoms. The summed E-state index contributed by atoms with van der Waals surface area (Å²) >= 11 is 0. The number of para-hydroxylation sites is 1. The fraction of sp³-hybridized carbons (Fsp3) is 0.111. The maximum absolute atomic E-state index is 12.2. The predicted molar refractivity (Wildman–Crippen MR) is 129 cm³/mol. The Hall–Kier alpha value is -4.12. The van der Waals surface area contributed by atoms with Crippen molar-refractivity contribution in [3.8, 4) is 0 Å². The molecule has 1 aliphatic rings. The number of nitrogens with zero attached hydrogens (tertiary/aromatic N) is 1. The lowest BCUT2D eigenvalue weighted by Gasteiger charge is -2.20. The van der Waals surface area contributed by atoms with Gasteiger partial charge in [0, 0.05) is 46.8 Å². The molecule has 5 nitrogen and oxygen atoms in total. The molecule has 0 radical (unpaired) electrons. The van der Waals surface area contributed by atoms with Crippen molar-refractivity contribution in [3.05, 3.63) is 95.7 Å². The van der Waals surface area contributed by atoms with E-state index in [0.29, 0.717) is 5.70 Å². The Morgan fingerprint density at radius 2 is 1.72 bits per heavy atom. The van der Waals surface area contributed by atoms with E-state index in [1.807, 2.05) is 30.3 Å². The molecule has 2 heterocycles. The Morgan fingerprint density at radius 3 is 2.50 bits per heavy atom. The lowest BCUT2D eigenvalue weighted by atomic mass is 9.99. The molecule has 0 saturated carbocycles. The molecule has 0 atom stereocenters. The van der Waals surface area contributed by atoms with E-state index in [4.69, 9.17) is 0 Å². The zero-order valence-corrected chi connectivity index (χ0v) is 17.8. The monoisotopic (exact) mass is 421 g/mol. The van der Waals surface area contributed by atoms with Crippen molar-refractivity contribution in [2.24, 2.45) is 0 Å². The maximum Gasteiger partial charge on any atom is 0.259 e. The van der Waals surface area contributed by atoms with Crippen LogP contribution in [0.1, 0.15) is 17.5 Å². The number of Topliss-reactive ketones (excluding diaryl/α,β-unsaturated/α-hetero) is 1. The zero-order valence-electron chi connectivity index (χ0n) is 17.8. The Kier molecular flexibility index (Phi) is 4.86. The van der Waals surface area contributed by atoms with Crippen molar-refractivity contribution < 1.29 is 9.59 Å². The summed E-state index contributed by atoms with van der Waals surface area (Å²) in [5, 5.41) is 5.08. The van der Waals surface area contributed by atoms with Gasteiger partial charge in [-0.05, 0) is 47.5 Å². The Balaban J connectivity index is 1.35. The van der Waals surface area contributed by atoms with Gasteiger partial charge in [-0.15, -0.1) is 0 Å². The number of H-pyrrole nitrogens is 1. The molecule has 1 saturated heterocycles. The lowest BCUT2D eigenvalue weighted by Crippen LogP contribution is -2.34. The largest absolute Gasteiger partial charge is 0.370 e. The summed E-state index contributed by atoms with van der Waals surface area (Å²) in [4.78, 5) is 29.9. The van der Waals surface area contributed by atoms with Crippen LogP contribution in [0, 0.1) is 0 Å². The minimum Gasteiger partial charge on any atom is -0.370 e. The molecule has 1 aliphatic heterocycles. The fourth-order valence-corrected chi connectivity index (χ4v) is 4.18. The number of hydrogen-bond donors (Lipinski definition) is 2. The highest BCUT2D eigenvalue weighted by Crippen LogP contribution is 2.27. The number of carbonyl (C=O) groups excluding carboxylic acids is 2. The predicted octanol–water partition coefficient (Wildman–Crippen LogP) is 4.94. The van der Waals surface area contributed by atoms with Crippen LogP contribution in [0.4, 0.5) is 5.69 Å². The maximum atomic E-state index is 12.2. The number of amides is 1. The second-order valence-electron chi connectivity index (χ2n) is 8.21. The number of aromatic amines is 1. The second kappa shape index (κ2) is 7.85. The number of ketones is 1. The zero-order chi connectivity index (χ0) is 22.2. The number of piperidine rings is 1. The molecule has 5 rings (SSSR count). The van der Waals surface area contributed by atoms with Crippen LogP contribution in [-0.4, -0.2) is 23.7 Å². The van der Waals surface area contributed by atoms with Crippen LogP contribution < -0.4 is 10.2 Å². The van der Waals surface area contributed by atoms with Gasteiger partial charge in [0.1, 0.15) is 0 Å². The van der Waals surface area contributed by atoms with Crippen LogP contribution in [0.25, 0.3) is 27.9 Å². The van der Waals surface area contributed by atoms with Gasteiger partial charge < -0.3 is 15.2 Å². The number of benzene rings is 3. The topological polar surface area (TPSA) is 65.2 Å². The molecule has 158 valence electrons. The van der Waals surface area contributed by atoms with Gasteiger partial charge in [-0.2, -0.15) is 0 Å². The molecule has 0 unspecified atom stereocenters. The van der Waals surface area contributed by atoms with Crippen molar-refractivity contribution in [1.29, 1.82) is 0 Å². The van der Waals surface area contributed by atoms with Crippen molar-refractivity contribution in [2.45, 2.75) is 13.0 Å². The van der Waals surface area contributed by atoms with E-state index < -0.39 is 0 Å². The molecule has 2 N–H and O–H groups in total. The van der Waals surface area contributed by atoms with Crippen LogP contribution in [-0.2, 0) is 16.1 Å². The SMILES string of the molecule is C=C1CC(=O)/C(=C\c2ccc(N(C)Cc3ccc4[nH]c5ccccc5c4c3)cc2)C(=O)N1. The summed E-state index contributed by atoms with van der Waals surface area (Å²) in [7, 11) is 2.05. The number of aromatic nitrogens is 1. The molecule has 3 aromatic carbocycles. The third-order valence-electron chi connectivity index (χ3n) is 5.84. The average Bonchev–Trinajstić information content (AvgIpc) is 3.15. The van der Waals surface area contributed by atoms with E-state index in [2.05, 4.69) is 65.2 Å². The second-order valence-corrected chi connectivity index (χ2v) is 8.21. The third-order valence-corrected chi connectivity index (χ3v) is 5.84. The van der Waals surface area contributed by atoms with Crippen LogP contribution in [0.15, 0.2) is 84.6 Å². The van der Waals surface area contributed by atoms with Gasteiger partial charge in [-0.1, -0.05) is 43.0 Å². The summed E-state index contributed by atoms with van der Waals surface area (Å²) in [6, 6.07) is 22.7. The molecule has 32 heavy (non-hydrogen) atoms. The van der Waals surface area contributed by atoms with E-state index in [-0.39, 0.29) is 23.7 Å². The van der Waals surface area contributed by atoms with Gasteiger partial charge in [0.25, 0.3) is 5.91 Å². The quantitative estimate of drug-likeness (QED) is 0.362. The molecular weight excluding hydrogens is 398 g/mol. The van der Waals surface area contributed by atoms with Crippen LogP contribution in [0.3, 0.4) is 0 Å². The molecule has 1 amide bonds. The first-order valence-corrected chi connectivity index (χ1v) is 10.5. The Labute approximate surface area is 186 Å². The minimum absolute atomic E-state index is 0.152. The summed E-state index contributed by atoms with van der Waals surface area (Å²) in [5.41, 5.74) is 5.99. The highest BCUT2D eigenvalue weighted by Gasteiger charge is 2.24. The van der Waals surface area contributed by atoms with E-state index in [1.165, 1.54) is 16.3 Å². The molecule has 1 aromatic heterocycles. The van der Waals surface area contributed by atoms with Crippen LogP contribution >= 0.6 is 0 Å². The third kappa shape index (κ3) is 3.69. The van der Waals surface area contributed by atoms with E-state index in [9.17, 15) is 9.59 Å². The summed E-state index contributed by atoms with van der Waals surface area (Å²) in [6.45, 7) is 4.43. The van der Waals surface area contributed by atoms with E-state index >= 15 is 0 Å². The van der Waals surface area contributed by atoms with Crippen molar-refractivity contribution in [3.63, 3.8) is 0 Å². The van der Waals surface area contributed by atoms with Gasteiger partial charge >= 0.3 is 0 Å². The van der Waals surface area contributed by atoms with Crippen molar-refractivity contribution >= 4 is 45.3 Å². The number of anilines is 1. The molecule has 5 heteroatoms. The number of carbonyl (C=O) groups is 2.